The second-order valence-corrected chi connectivity index (χ2v) is 8.98. The highest BCUT2D eigenvalue weighted by atomic mass is 16.2. The number of anilines is 1. The van der Waals surface area contributed by atoms with Gasteiger partial charge in [-0.3, -0.25) is 14.4 Å². The minimum atomic E-state index is -0.313. The van der Waals surface area contributed by atoms with Gasteiger partial charge in [-0.05, 0) is 44.4 Å². The molecule has 32 heavy (non-hydrogen) atoms. The van der Waals surface area contributed by atoms with E-state index in [0.717, 1.165) is 16.8 Å². The van der Waals surface area contributed by atoms with Gasteiger partial charge in [-0.1, -0.05) is 48.0 Å². The smallest absolute Gasteiger partial charge is 0.228 e. The monoisotopic (exact) mass is 433 g/mol. The molecule has 0 unspecified atom stereocenters. The Morgan fingerprint density at radius 3 is 2.28 bits per heavy atom. The Morgan fingerprint density at radius 2 is 1.62 bits per heavy atom. The van der Waals surface area contributed by atoms with E-state index in [9.17, 15) is 14.4 Å². The number of amides is 3. The summed E-state index contributed by atoms with van der Waals surface area (Å²) < 4.78 is 0. The average Bonchev–Trinajstić information content (AvgIpc) is 3.21. The number of hydrogen-bond acceptors (Lipinski definition) is 3. The second kappa shape index (κ2) is 9.55. The highest BCUT2D eigenvalue weighted by molar-refractivity contribution is 6.00. The fourth-order valence-electron chi connectivity index (χ4n) is 4.62. The van der Waals surface area contributed by atoms with Gasteiger partial charge in [-0.25, -0.2) is 0 Å². The van der Waals surface area contributed by atoms with Crippen molar-refractivity contribution >= 4 is 23.4 Å². The van der Waals surface area contributed by atoms with Crippen molar-refractivity contribution in [2.45, 2.75) is 39.2 Å². The zero-order chi connectivity index (χ0) is 22.7. The van der Waals surface area contributed by atoms with Crippen LogP contribution in [0, 0.1) is 18.8 Å². The maximum absolute atomic E-state index is 13.1. The van der Waals surface area contributed by atoms with Crippen LogP contribution in [0.15, 0.2) is 54.6 Å². The van der Waals surface area contributed by atoms with Crippen molar-refractivity contribution in [1.82, 2.24) is 10.2 Å². The third kappa shape index (κ3) is 4.85. The molecule has 2 aromatic rings. The highest BCUT2D eigenvalue weighted by Gasteiger charge is 2.38. The van der Waals surface area contributed by atoms with Gasteiger partial charge in [0.05, 0.1) is 12.0 Å². The molecule has 0 spiro atoms. The zero-order valence-electron chi connectivity index (χ0n) is 18.8. The molecule has 2 fully saturated rings. The Kier molecular flexibility index (Phi) is 6.58. The number of benzene rings is 2. The van der Waals surface area contributed by atoms with Crippen LogP contribution in [0.25, 0.3) is 0 Å². The van der Waals surface area contributed by atoms with Gasteiger partial charge in [0.25, 0.3) is 0 Å². The van der Waals surface area contributed by atoms with Crippen LogP contribution in [-0.2, 0) is 14.4 Å². The number of carbonyl (C=O) groups excluding carboxylic acids is 3. The van der Waals surface area contributed by atoms with Crippen LogP contribution in [0.2, 0.25) is 0 Å². The molecule has 0 radical (unpaired) electrons. The Hall–Kier alpha value is -3.15. The Labute approximate surface area is 189 Å². The van der Waals surface area contributed by atoms with Gasteiger partial charge >= 0.3 is 0 Å². The normalized spacial score (nSPS) is 20.3. The standard InChI is InChI=1S/C26H31N3O3/c1-18-8-10-23(11-9-18)29-17-22(16-24(29)30)26(32)28-14-12-21(13-15-28)25(31)27-19(2)20-6-4-3-5-7-20/h3-11,19,21-22H,12-17H2,1-2H3,(H,27,31)/t19-,22-/m1/s1. The van der Waals surface area contributed by atoms with Crippen molar-refractivity contribution in [2.24, 2.45) is 11.8 Å². The molecule has 0 aliphatic carbocycles. The van der Waals surface area contributed by atoms with E-state index >= 15 is 0 Å². The van der Waals surface area contributed by atoms with Crippen molar-refractivity contribution in [3.63, 3.8) is 0 Å². The molecule has 1 N–H and O–H groups in total. The molecule has 2 aromatic carbocycles. The number of aryl methyl sites for hydroxylation is 1. The number of carbonyl (C=O) groups is 3. The molecule has 3 amide bonds. The number of piperidine rings is 1. The summed E-state index contributed by atoms with van der Waals surface area (Å²) in [4.78, 5) is 41.8. The number of nitrogens with one attached hydrogen (secondary N) is 1. The summed E-state index contributed by atoms with van der Waals surface area (Å²) in [5.74, 6) is -0.317. The van der Waals surface area contributed by atoms with E-state index in [2.05, 4.69) is 5.32 Å². The molecule has 0 saturated carbocycles. The lowest BCUT2D eigenvalue weighted by atomic mass is 9.94. The van der Waals surface area contributed by atoms with Crippen molar-refractivity contribution in [2.75, 3.05) is 24.5 Å². The van der Waals surface area contributed by atoms with Crippen molar-refractivity contribution in [3.8, 4) is 0 Å². The molecule has 168 valence electrons. The largest absolute Gasteiger partial charge is 0.349 e. The SMILES string of the molecule is Cc1ccc(N2C[C@H](C(=O)N3CCC(C(=O)N[C@H](C)c4ccccc4)CC3)CC2=O)cc1. The molecule has 2 saturated heterocycles. The predicted octanol–water partition coefficient (Wildman–Crippen LogP) is 3.46. The van der Waals surface area contributed by atoms with Crippen LogP contribution in [-0.4, -0.2) is 42.3 Å². The summed E-state index contributed by atoms with van der Waals surface area (Å²) in [6.45, 7) is 5.55. The lowest BCUT2D eigenvalue weighted by Gasteiger charge is -2.33. The van der Waals surface area contributed by atoms with Crippen LogP contribution in [0.5, 0.6) is 0 Å². The Balaban J connectivity index is 1.28. The average molecular weight is 434 g/mol. The van der Waals surface area contributed by atoms with Crippen molar-refractivity contribution in [1.29, 1.82) is 0 Å². The summed E-state index contributed by atoms with van der Waals surface area (Å²) in [5, 5.41) is 3.11. The first kappa shape index (κ1) is 22.1. The second-order valence-electron chi connectivity index (χ2n) is 8.98. The fourth-order valence-corrected chi connectivity index (χ4v) is 4.62. The van der Waals surface area contributed by atoms with Crippen molar-refractivity contribution in [3.05, 3.63) is 65.7 Å². The fraction of sp³-hybridized carbons (Fsp3) is 0.423. The minimum absolute atomic E-state index is 0.00336. The van der Waals surface area contributed by atoms with E-state index in [1.54, 1.807) is 4.90 Å². The van der Waals surface area contributed by atoms with Gasteiger partial charge in [-0.2, -0.15) is 0 Å². The van der Waals surface area contributed by atoms with Crippen LogP contribution in [0.3, 0.4) is 0 Å². The molecule has 0 bridgehead atoms. The van der Waals surface area contributed by atoms with E-state index in [0.29, 0.717) is 32.5 Å². The summed E-state index contributed by atoms with van der Waals surface area (Å²) in [6, 6.07) is 17.7. The minimum Gasteiger partial charge on any atom is -0.349 e. The molecular weight excluding hydrogens is 402 g/mol. The third-order valence-electron chi connectivity index (χ3n) is 6.66. The van der Waals surface area contributed by atoms with E-state index < -0.39 is 0 Å². The van der Waals surface area contributed by atoms with Gasteiger partial charge in [0.2, 0.25) is 17.7 Å². The summed E-state index contributed by atoms with van der Waals surface area (Å²) in [7, 11) is 0. The maximum atomic E-state index is 13.1. The van der Waals surface area contributed by atoms with E-state index in [1.165, 1.54) is 0 Å². The highest BCUT2D eigenvalue weighted by Crippen LogP contribution is 2.28. The molecule has 4 rings (SSSR count). The lowest BCUT2D eigenvalue weighted by Crippen LogP contribution is -2.45. The molecule has 6 nitrogen and oxygen atoms in total. The first-order chi connectivity index (χ1) is 15.4. The van der Waals surface area contributed by atoms with E-state index in [1.807, 2.05) is 73.3 Å². The molecular formula is C26H31N3O3. The molecule has 2 heterocycles. The number of nitrogens with zero attached hydrogens (tertiary/aromatic N) is 2. The zero-order valence-corrected chi connectivity index (χ0v) is 18.8. The van der Waals surface area contributed by atoms with Crippen LogP contribution in [0.1, 0.15) is 43.4 Å². The van der Waals surface area contributed by atoms with Gasteiger partial charge in [0.15, 0.2) is 0 Å². The molecule has 2 aliphatic heterocycles. The molecule has 0 aromatic heterocycles. The van der Waals surface area contributed by atoms with Gasteiger partial charge in [-0.15, -0.1) is 0 Å². The quantitative estimate of drug-likeness (QED) is 0.785. The van der Waals surface area contributed by atoms with Crippen LogP contribution >= 0.6 is 0 Å². The Morgan fingerprint density at radius 1 is 0.969 bits per heavy atom. The third-order valence-corrected chi connectivity index (χ3v) is 6.66. The topological polar surface area (TPSA) is 69.7 Å². The summed E-state index contributed by atoms with van der Waals surface area (Å²) in [6.07, 6.45) is 1.56. The van der Waals surface area contributed by atoms with Gasteiger partial charge in [0.1, 0.15) is 0 Å². The first-order valence-electron chi connectivity index (χ1n) is 11.4. The summed E-state index contributed by atoms with van der Waals surface area (Å²) >= 11 is 0. The first-order valence-corrected chi connectivity index (χ1v) is 11.4. The van der Waals surface area contributed by atoms with Crippen LogP contribution in [0.4, 0.5) is 5.69 Å². The van der Waals surface area contributed by atoms with E-state index in [-0.39, 0.29) is 42.0 Å². The number of rotatable bonds is 5. The van der Waals surface area contributed by atoms with Crippen molar-refractivity contribution < 1.29 is 14.4 Å². The number of likely N-dealkylation sites (tertiary alicyclic amines) is 1. The van der Waals surface area contributed by atoms with E-state index in [4.69, 9.17) is 0 Å². The van der Waals surface area contributed by atoms with Gasteiger partial charge < -0.3 is 15.1 Å². The molecule has 2 atom stereocenters. The Bertz CT molecular complexity index is 966. The maximum Gasteiger partial charge on any atom is 0.228 e. The summed E-state index contributed by atoms with van der Waals surface area (Å²) in [5.41, 5.74) is 3.06. The predicted molar refractivity (Wildman–Crippen MR) is 124 cm³/mol. The molecule has 6 heteroatoms. The number of hydrogen-bond donors (Lipinski definition) is 1. The van der Waals surface area contributed by atoms with Crippen LogP contribution < -0.4 is 10.2 Å². The molecule has 2 aliphatic rings. The lowest BCUT2D eigenvalue weighted by molar-refractivity contribution is -0.139. The van der Waals surface area contributed by atoms with Gasteiger partial charge in [0, 0.05) is 37.7 Å².